The van der Waals surface area contributed by atoms with Crippen molar-refractivity contribution in [2.75, 3.05) is 0 Å². The molecule has 32 heavy (non-hydrogen) atoms. The second-order valence-electron chi connectivity index (χ2n) is 8.89. The van der Waals surface area contributed by atoms with Gasteiger partial charge in [0.25, 0.3) is 0 Å². The molecule has 1 heterocycles. The van der Waals surface area contributed by atoms with E-state index < -0.39 is 0 Å². The molecule has 0 fully saturated rings. The predicted octanol–water partition coefficient (Wildman–Crippen LogP) is 7.28. The van der Waals surface area contributed by atoms with E-state index in [0.29, 0.717) is 11.8 Å². The van der Waals surface area contributed by atoms with Crippen molar-refractivity contribution in [3.05, 3.63) is 89.1 Å². The van der Waals surface area contributed by atoms with E-state index in [4.69, 9.17) is 4.98 Å². The van der Waals surface area contributed by atoms with Crippen molar-refractivity contribution in [2.24, 2.45) is 17.3 Å². The van der Waals surface area contributed by atoms with Crippen LogP contribution < -0.4 is 10.4 Å². The minimum absolute atomic E-state index is 0.0808. The van der Waals surface area contributed by atoms with Gasteiger partial charge in [0.05, 0.1) is 5.69 Å². The molecule has 2 aromatic carbocycles. The Kier molecular flexibility index (Phi) is 8.07. The van der Waals surface area contributed by atoms with Gasteiger partial charge in [-0.3, -0.25) is 4.98 Å². The van der Waals surface area contributed by atoms with Gasteiger partial charge in [-0.05, 0) is 81.1 Å². The summed E-state index contributed by atoms with van der Waals surface area (Å²) < 4.78 is 0. The summed E-state index contributed by atoms with van der Waals surface area (Å²) >= 11 is 0. The fourth-order valence-corrected chi connectivity index (χ4v) is 5.05. The summed E-state index contributed by atoms with van der Waals surface area (Å²) in [6, 6.07) is 19.8. The SMILES string of the molecule is CC.CCC=CC(C)(C(C)CC)C1CC=c2cc3ccccc3cc2=C1c1ccccn1. The fraction of sp³-hybridized carbons (Fsp3) is 0.387. The number of rotatable bonds is 6. The molecule has 3 unspecified atom stereocenters. The van der Waals surface area contributed by atoms with Gasteiger partial charge >= 0.3 is 0 Å². The maximum absolute atomic E-state index is 4.84. The number of benzene rings is 2. The van der Waals surface area contributed by atoms with Crippen LogP contribution in [0.1, 0.15) is 66.5 Å². The normalized spacial score (nSPS) is 18.3. The first-order valence-corrected chi connectivity index (χ1v) is 12.4. The Morgan fingerprint density at radius 3 is 2.34 bits per heavy atom. The summed E-state index contributed by atoms with van der Waals surface area (Å²) in [5, 5.41) is 5.30. The van der Waals surface area contributed by atoms with Crippen LogP contribution in [-0.4, -0.2) is 4.98 Å². The van der Waals surface area contributed by atoms with Gasteiger partial charge in [-0.2, -0.15) is 0 Å². The molecule has 0 aliphatic heterocycles. The molecule has 1 nitrogen and oxygen atoms in total. The smallest absolute Gasteiger partial charge is 0.0671 e. The van der Waals surface area contributed by atoms with Crippen LogP contribution in [0.5, 0.6) is 0 Å². The number of nitrogens with zero attached hydrogens (tertiary/aromatic N) is 1. The summed E-state index contributed by atoms with van der Waals surface area (Å²) in [5.41, 5.74) is 2.60. The third-order valence-electron chi connectivity index (χ3n) is 7.21. The number of hydrogen-bond acceptors (Lipinski definition) is 1. The van der Waals surface area contributed by atoms with E-state index in [1.165, 1.54) is 33.2 Å². The summed E-state index contributed by atoms with van der Waals surface area (Å²) in [5.74, 6) is 0.984. The zero-order chi connectivity index (χ0) is 23.1. The highest BCUT2D eigenvalue weighted by molar-refractivity contribution is 5.84. The monoisotopic (exact) mass is 425 g/mol. The van der Waals surface area contributed by atoms with E-state index in [1.807, 2.05) is 26.1 Å². The average Bonchev–Trinajstić information content (AvgIpc) is 2.86. The summed E-state index contributed by atoms with van der Waals surface area (Å²) in [6.07, 6.45) is 12.5. The maximum Gasteiger partial charge on any atom is 0.0671 e. The molecule has 1 aliphatic carbocycles. The van der Waals surface area contributed by atoms with Crippen molar-refractivity contribution < 1.29 is 0 Å². The van der Waals surface area contributed by atoms with Crippen LogP contribution in [0.3, 0.4) is 0 Å². The number of aromatic nitrogens is 1. The second-order valence-corrected chi connectivity index (χ2v) is 8.89. The highest BCUT2D eigenvalue weighted by atomic mass is 14.7. The Hall–Kier alpha value is -2.67. The van der Waals surface area contributed by atoms with Crippen LogP contribution in [0.2, 0.25) is 0 Å². The van der Waals surface area contributed by atoms with E-state index in [9.17, 15) is 0 Å². The molecule has 3 atom stereocenters. The summed E-state index contributed by atoms with van der Waals surface area (Å²) in [6.45, 7) is 13.4. The first kappa shape index (κ1) is 24.0. The van der Waals surface area contributed by atoms with E-state index in [2.05, 4.69) is 94.5 Å². The van der Waals surface area contributed by atoms with Crippen LogP contribution >= 0.6 is 0 Å². The van der Waals surface area contributed by atoms with Crippen LogP contribution in [0, 0.1) is 17.3 Å². The lowest BCUT2D eigenvalue weighted by Gasteiger charge is -2.42. The van der Waals surface area contributed by atoms with Gasteiger partial charge in [-0.15, -0.1) is 0 Å². The predicted molar refractivity (Wildman–Crippen MR) is 141 cm³/mol. The molecule has 0 N–H and O–H groups in total. The molecule has 1 aromatic heterocycles. The molecule has 1 aliphatic rings. The topological polar surface area (TPSA) is 12.9 Å². The summed E-state index contributed by atoms with van der Waals surface area (Å²) in [4.78, 5) is 4.84. The van der Waals surface area contributed by atoms with E-state index in [0.717, 1.165) is 18.5 Å². The van der Waals surface area contributed by atoms with Gasteiger partial charge in [-0.25, -0.2) is 0 Å². The lowest BCUT2D eigenvalue weighted by molar-refractivity contribution is 0.202. The van der Waals surface area contributed by atoms with Gasteiger partial charge in [0.1, 0.15) is 0 Å². The van der Waals surface area contributed by atoms with Crippen LogP contribution in [0.15, 0.2) is 72.9 Å². The Morgan fingerprint density at radius 1 is 1.03 bits per heavy atom. The molecule has 1 heteroatoms. The Morgan fingerprint density at radius 2 is 1.72 bits per heavy atom. The average molecular weight is 426 g/mol. The van der Waals surface area contributed by atoms with Gasteiger partial charge in [-0.1, -0.05) is 96.5 Å². The minimum atomic E-state index is 0.0808. The Labute approximate surface area is 194 Å². The number of pyridine rings is 1. The molecular weight excluding hydrogens is 386 g/mol. The summed E-state index contributed by atoms with van der Waals surface area (Å²) in [7, 11) is 0. The van der Waals surface area contributed by atoms with Gasteiger partial charge in [0, 0.05) is 6.20 Å². The van der Waals surface area contributed by atoms with E-state index in [1.54, 1.807) is 0 Å². The van der Waals surface area contributed by atoms with Crippen molar-refractivity contribution >= 4 is 22.4 Å². The zero-order valence-corrected chi connectivity index (χ0v) is 20.7. The fourth-order valence-electron chi connectivity index (χ4n) is 5.05. The van der Waals surface area contributed by atoms with Crippen LogP contribution in [-0.2, 0) is 0 Å². The molecule has 0 spiro atoms. The van der Waals surface area contributed by atoms with Crippen molar-refractivity contribution in [3.63, 3.8) is 0 Å². The molecule has 0 radical (unpaired) electrons. The van der Waals surface area contributed by atoms with E-state index in [-0.39, 0.29) is 5.41 Å². The van der Waals surface area contributed by atoms with Crippen molar-refractivity contribution in [2.45, 2.75) is 60.8 Å². The highest BCUT2D eigenvalue weighted by Gasteiger charge is 2.39. The number of allylic oxidation sites excluding steroid dienone is 2. The second kappa shape index (κ2) is 10.8. The Balaban J connectivity index is 0.00000141. The first-order valence-electron chi connectivity index (χ1n) is 12.4. The minimum Gasteiger partial charge on any atom is -0.257 e. The first-order chi connectivity index (χ1) is 15.6. The standard InChI is InChI=1S/C29H33N.C2H6/c1-5-7-17-29(4,21(3)6-2)26-16-15-24-19-22-12-8-9-13-23(22)20-25(24)28(26)27-14-10-11-18-30-27;1-2/h7-15,17-21,26H,5-6,16H2,1-4H3;1-2H3. The van der Waals surface area contributed by atoms with E-state index >= 15 is 0 Å². The molecule has 3 aromatic rings. The number of fused-ring (bicyclic) bond motifs is 2. The van der Waals surface area contributed by atoms with Crippen molar-refractivity contribution in [1.29, 1.82) is 0 Å². The van der Waals surface area contributed by atoms with Crippen molar-refractivity contribution in [1.82, 2.24) is 4.98 Å². The molecule has 0 saturated carbocycles. The lowest BCUT2D eigenvalue weighted by Crippen LogP contribution is -2.41. The lowest BCUT2D eigenvalue weighted by atomic mass is 9.62. The Bertz CT molecular complexity index is 1170. The maximum atomic E-state index is 4.84. The molecule has 0 amide bonds. The third kappa shape index (κ3) is 4.58. The molecule has 0 saturated heterocycles. The van der Waals surface area contributed by atoms with Crippen LogP contribution in [0.4, 0.5) is 0 Å². The zero-order valence-electron chi connectivity index (χ0n) is 20.7. The molecule has 4 rings (SSSR count). The number of hydrogen-bond donors (Lipinski definition) is 0. The van der Waals surface area contributed by atoms with Crippen molar-refractivity contribution in [3.8, 4) is 0 Å². The molecule has 0 bridgehead atoms. The quantitative estimate of drug-likeness (QED) is 0.378. The van der Waals surface area contributed by atoms with Gasteiger partial charge in [0.15, 0.2) is 0 Å². The van der Waals surface area contributed by atoms with Crippen LogP contribution in [0.25, 0.3) is 22.4 Å². The highest BCUT2D eigenvalue weighted by Crippen LogP contribution is 2.47. The largest absolute Gasteiger partial charge is 0.257 e. The van der Waals surface area contributed by atoms with Gasteiger partial charge < -0.3 is 0 Å². The molecule has 168 valence electrons. The molecular formula is C31H39N. The third-order valence-corrected chi connectivity index (χ3v) is 7.21. The van der Waals surface area contributed by atoms with Gasteiger partial charge in [0.2, 0.25) is 0 Å².